The molecule has 0 aliphatic carbocycles. The predicted octanol–water partition coefficient (Wildman–Crippen LogP) is 3.03. The highest BCUT2D eigenvalue weighted by Crippen LogP contribution is 2.19. The summed E-state index contributed by atoms with van der Waals surface area (Å²) >= 11 is 5.57. The van der Waals surface area contributed by atoms with Gasteiger partial charge >= 0.3 is 0 Å². The number of fused-ring (bicyclic) bond motifs is 1. The lowest BCUT2D eigenvalue weighted by Gasteiger charge is -1.97. The van der Waals surface area contributed by atoms with Crippen molar-refractivity contribution in [2.24, 2.45) is 0 Å². The maximum Gasteiger partial charge on any atom is 0.222 e. The number of benzene rings is 1. The van der Waals surface area contributed by atoms with E-state index >= 15 is 0 Å². The first-order valence-electron chi connectivity index (χ1n) is 3.48. The number of rotatable bonds is 0. The van der Waals surface area contributed by atoms with Crippen LogP contribution >= 0.6 is 11.6 Å². The lowest BCUT2D eigenvalue weighted by Crippen LogP contribution is -1.85. The minimum atomic E-state index is -0.516. The van der Waals surface area contributed by atoms with Gasteiger partial charge in [0.2, 0.25) is 5.95 Å². The number of hydrogen-bond donors (Lipinski definition) is 0. The van der Waals surface area contributed by atoms with Crippen LogP contribution in [-0.4, -0.2) is 4.98 Å². The van der Waals surface area contributed by atoms with Crippen molar-refractivity contribution in [2.75, 3.05) is 0 Å². The Morgan fingerprint density at radius 1 is 1.25 bits per heavy atom. The van der Waals surface area contributed by atoms with Crippen LogP contribution in [0, 0.1) is 5.95 Å². The summed E-state index contributed by atoms with van der Waals surface area (Å²) in [7, 11) is 0. The van der Waals surface area contributed by atoms with Gasteiger partial charge in [0, 0.05) is 5.39 Å². The van der Waals surface area contributed by atoms with Gasteiger partial charge in [-0.2, -0.15) is 4.39 Å². The standard InChI is InChI=1S/C9H5ClFN/c10-8-5-6-3-1-2-4-7(6)9(11)12-8/h1-5H. The quantitative estimate of drug-likeness (QED) is 0.570. The molecule has 0 aliphatic rings. The summed E-state index contributed by atoms with van der Waals surface area (Å²) in [6.45, 7) is 0. The molecular weight excluding hydrogens is 177 g/mol. The van der Waals surface area contributed by atoms with Crippen molar-refractivity contribution in [3.63, 3.8) is 0 Å². The minimum absolute atomic E-state index is 0.186. The SMILES string of the molecule is Fc1nc(Cl)cc2ccccc12. The van der Waals surface area contributed by atoms with E-state index in [1.807, 2.05) is 6.07 Å². The molecule has 2 rings (SSSR count). The van der Waals surface area contributed by atoms with Crippen molar-refractivity contribution in [2.45, 2.75) is 0 Å². The molecule has 60 valence electrons. The van der Waals surface area contributed by atoms with Gasteiger partial charge in [-0.3, -0.25) is 0 Å². The lowest BCUT2D eigenvalue weighted by atomic mass is 10.2. The van der Waals surface area contributed by atoms with Crippen LogP contribution < -0.4 is 0 Å². The van der Waals surface area contributed by atoms with Crippen molar-refractivity contribution in [1.29, 1.82) is 0 Å². The van der Waals surface area contributed by atoms with Crippen LogP contribution in [0.4, 0.5) is 4.39 Å². The molecule has 0 unspecified atom stereocenters. The van der Waals surface area contributed by atoms with Gasteiger partial charge in [0.15, 0.2) is 0 Å². The number of nitrogens with zero attached hydrogens (tertiary/aromatic N) is 1. The fourth-order valence-electron chi connectivity index (χ4n) is 1.13. The number of aromatic nitrogens is 1. The van der Waals surface area contributed by atoms with E-state index in [4.69, 9.17) is 11.6 Å². The highest BCUT2D eigenvalue weighted by molar-refractivity contribution is 6.30. The summed E-state index contributed by atoms with van der Waals surface area (Å²) in [6, 6.07) is 8.71. The Hall–Kier alpha value is -1.15. The van der Waals surface area contributed by atoms with Crippen LogP contribution in [0.15, 0.2) is 30.3 Å². The van der Waals surface area contributed by atoms with Crippen LogP contribution in [0.5, 0.6) is 0 Å². The first-order valence-corrected chi connectivity index (χ1v) is 3.86. The Kier molecular flexibility index (Phi) is 1.70. The van der Waals surface area contributed by atoms with E-state index in [9.17, 15) is 4.39 Å². The number of pyridine rings is 1. The van der Waals surface area contributed by atoms with Crippen LogP contribution in [0.25, 0.3) is 10.8 Å². The summed E-state index contributed by atoms with van der Waals surface area (Å²) in [4.78, 5) is 3.50. The van der Waals surface area contributed by atoms with E-state index in [0.29, 0.717) is 5.39 Å². The molecule has 0 N–H and O–H groups in total. The van der Waals surface area contributed by atoms with Crippen molar-refractivity contribution >= 4 is 22.4 Å². The topological polar surface area (TPSA) is 12.9 Å². The highest BCUT2D eigenvalue weighted by Gasteiger charge is 2.01. The summed E-state index contributed by atoms with van der Waals surface area (Å²) in [6.07, 6.45) is 0. The van der Waals surface area contributed by atoms with E-state index in [0.717, 1.165) is 5.39 Å². The fourth-order valence-corrected chi connectivity index (χ4v) is 1.32. The number of hydrogen-bond acceptors (Lipinski definition) is 1. The zero-order valence-electron chi connectivity index (χ0n) is 6.09. The summed E-state index contributed by atoms with van der Waals surface area (Å²) in [5.74, 6) is -0.516. The molecule has 0 atom stereocenters. The first-order chi connectivity index (χ1) is 5.77. The molecule has 0 fully saturated rings. The van der Waals surface area contributed by atoms with Gasteiger partial charge in [0.1, 0.15) is 5.15 Å². The number of halogens is 2. The maximum atomic E-state index is 13.1. The highest BCUT2D eigenvalue weighted by atomic mass is 35.5. The Labute approximate surface area is 73.8 Å². The van der Waals surface area contributed by atoms with E-state index < -0.39 is 5.95 Å². The smallest absolute Gasteiger partial charge is 0.207 e. The predicted molar refractivity (Wildman–Crippen MR) is 46.7 cm³/mol. The summed E-state index contributed by atoms with van der Waals surface area (Å²) in [5, 5.41) is 1.46. The molecule has 0 saturated carbocycles. The third kappa shape index (κ3) is 1.14. The van der Waals surface area contributed by atoms with E-state index in [1.54, 1.807) is 24.3 Å². The molecule has 0 aliphatic heterocycles. The average molecular weight is 182 g/mol. The molecule has 1 aromatic carbocycles. The van der Waals surface area contributed by atoms with Gasteiger partial charge in [0.25, 0.3) is 0 Å². The Morgan fingerprint density at radius 2 is 2.00 bits per heavy atom. The summed E-state index contributed by atoms with van der Waals surface area (Å²) in [5.41, 5.74) is 0. The minimum Gasteiger partial charge on any atom is -0.207 e. The van der Waals surface area contributed by atoms with Gasteiger partial charge in [-0.15, -0.1) is 0 Å². The van der Waals surface area contributed by atoms with Crippen LogP contribution in [0.1, 0.15) is 0 Å². The third-order valence-corrected chi connectivity index (χ3v) is 1.86. The van der Waals surface area contributed by atoms with Gasteiger partial charge < -0.3 is 0 Å². The molecule has 1 aromatic heterocycles. The van der Waals surface area contributed by atoms with E-state index in [2.05, 4.69) is 4.98 Å². The van der Waals surface area contributed by atoms with Crippen molar-refractivity contribution in [3.8, 4) is 0 Å². The normalized spacial score (nSPS) is 10.5. The van der Waals surface area contributed by atoms with Crippen molar-refractivity contribution in [3.05, 3.63) is 41.4 Å². The average Bonchev–Trinajstić information content (AvgIpc) is 2.04. The molecule has 1 nitrogen and oxygen atoms in total. The monoisotopic (exact) mass is 181 g/mol. The molecule has 0 amide bonds. The Bertz CT molecular complexity index is 428. The Balaban J connectivity index is 2.89. The van der Waals surface area contributed by atoms with Gasteiger partial charge in [0.05, 0.1) is 0 Å². The molecular formula is C9H5ClFN. The molecule has 0 bridgehead atoms. The zero-order valence-corrected chi connectivity index (χ0v) is 6.85. The molecule has 0 saturated heterocycles. The fraction of sp³-hybridized carbons (Fsp3) is 0. The molecule has 3 heteroatoms. The largest absolute Gasteiger partial charge is 0.222 e. The van der Waals surface area contributed by atoms with E-state index in [1.165, 1.54) is 0 Å². The molecule has 12 heavy (non-hydrogen) atoms. The van der Waals surface area contributed by atoms with Crippen LogP contribution in [0.3, 0.4) is 0 Å². The molecule has 2 aromatic rings. The Morgan fingerprint density at radius 3 is 2.83 bits per heavy atom. The van der Waals surface area contributed by atoms with Crippen molar-refractivity contribution in [1.82, 2.24) is 4.98 Å². The molecule has 0 radical (unpaired) electrons. The second-order valence-corrected chi connectivity index (χ2v) is 2.84. The van der Waals surface area contributed by atoms with Gasteiger partial charge in [-0.25, -0.2) is 4.98 Å². The van der Waals surface area contributed by atoms with Crippen LogP contribution in [0.2, 0.25) is 5.15 Å². The second kappa shape index (κ2) is 2.72. The summed E-state index contributed by atoms with van der Waals surface area (Å²) < 4.78 is 13.1. The van der Waals surface area contributed by atoms with Gasteiger partial charge in [-0.1, -0.05) is 29.8 Å². The van der Waals surface area contributed by atoms with E-state index in [-0.39, 0.29) is 5.15 Å². The molecule has 1 heterocycles. The maximum absolute atomic E-state index is 13.1. The third-order valence-electron chi connectivity index (χ3n) is 1.66. The van der Waals surface area contributed by atoms with Crippen LogP contribution in [-0.2, 0) is 0 Å². The zero-order chi connectivity index (χ0) is 8.55. The lowest BCUT2D eigenvalue weighted by molar-refractivity contribution is 0.597. The van der Waals surface area contributed by atoms with Crippen molar-refractivity contribution < 1.29 is 4.39 Å². The van der Waals surface area contributed by atoms with Gasteiger partial charge in [-0.05, 0) is 17.5 Å². The second-order valence-electron chi connectivity index (χ2n) is 2.46. The molecule has 0 spiro atoms. The first kappa shape index (κ1) is 7.50.